The Morgan fingerprint density at radius 2 is 1.61 bits per heavy atom. The van der Waals surface area contributed by atoms with E-state index in [0.29, 0.717) is 16.5 Å². The van der Waals surface area contributed by atoms with Crippen molar-refractivity contribution in [2.45, 2.75) is 0 Å². The first-order valence-electron chi connectivity index (χ1n) is 8.60. The predicted molar refractivity (Wildman–Crippen MR) is 108 cm³/mol. The summed E-state index contributed by atoms with van der Waals surface area (Å²) in [4.78, 5) is 24.0. The summed E-state index contributed by atoms with van der Waals surface area (Å²) in [5.74, 6) is -0.628. The number of para-hydroxylation sites is 1. The van der Waals surface area contributed by atoms with Crippen molar-refractivity contribution in [3.05, 3.63) is 83.9 Å². The fourth-order valence-electron chi connectivity index (χ4n) is 2.53. The number of hydrogen-bond acceptors (Lipinski definition) is 4. The minimum Gasteiger partial charge on any atom is -0.482 e. The molecular formula is C22H18ClNO4. The maximum atomic E-state index is 12.2. The Hall–Kier alpha value is -3.31. The van der Waals surface area contributed by atoms with Crippen LogP contribution >= 0.6 is 11.6 Å². The van der Waals surface area contributed by atoms with E-state index in [4.69, 9.17) is 21.1 Å². The summed E-state index contributed by atoms with van der Waals surface area (Å²) in [6, 6.07) is 23.8. The number of carbonyl (C=O) groups is 2. The van der Waals surface area contributed by atoms with Crippen molar-refractivity contribution in [3.63, 3.8) is 0 Å². The highest BCUT2D eigenvalue weighted by atomic mass is 35.5. The zero-order chi connectivity index (χ0) is 19.8. The number of rotatable bonds is 7. The fourth-order valence-corrected chi connectivity index (χ4v) is 2.71. The maximum absolute atomic E-state index is 12.2. The zero-order valence-corrected chi connectivity index (χ0v) is 15.7. The SMILES string of the molecule is O=C(COC(=O)COc1cccc(Cl)c1)Nc1ccccc1-c1ccccc1. The number of amides is 1. The molecular weight excluding hydrogens is 378 g/mol. The Bertz CT molecular complexity index is 960. The summed E-state index contributed by atoms with van der Waals surface area (Å²) in [6.07, 6.45) is 0. The van der Waals surface area contributed by atoms with E-state index >= 15 is 0 Å². The molecule has 0 saturated carbocycles. The van der Waals surface area contributed by atoms with Gasteiger partial charge in [0.1, 0.15) is 5.75 Å². The molecule has 3 rings (SSSR count). The average Bonchev–Trinajstić information content (AvgIpc) is 2.72. The van der Waals surface area contributed by atoms with Crippen molar-refractivity contribution in [3.8, 4) is 16.9 Å². The van der Waals surface area contributed by atoms with Crippen LogP contribution in [0.5, 0.6) is 5.75 Å². The van der Waals surface area contributed by atoms with Gasteiger partial charge in [0.25, 0.3) is 5.91 Å². The van der Waals surface area contributed by atoms with Gasteiger partial charge >= 0.3 is 5.97 Å². The van der Waals surface area contributed by atoms with Gasteiger partial charge in [0.15, 0.2) is 13.2 Å². The van der Waals surface area contributed by atoms with Crippen molar-refractivity contribution < 1.29 is 19.1 Å². The number of ether oxygens (including phenoxy) is 2. The van der Waals surface area contributed by atoms with Crippen LogP contribution in [0.25, 0.3) is 11.1 Å². The first-order valence-corrected chi connectivity index (χ1v) is 8.98. The van der Waals surface area contributed by atoms with Gasteiger partial charge < -0.3 is 14.8 Å². The molecule has 3 aromatic carbocycles. The van der Waals surface area contributed by atoms with Gasteiger partial charge in [-0.05, 0) is 29.8 Å². The molecule has 0 unspecified atom stereocenters. The molecule has 0 spiro atoms. The number of anilines is 1. The molecule has 3 aromatic rings. The molecule has 0 saturated heterocycles. The first kappa shape index (κ1) is 19.5. The molecule has 0 aromatic heterocycles. The molecule has 0 bridgehead atoms. The highest BCUT2D eigenvalue weighted by Crippen LogP contribution is 2.27. The summed E-state index contributed by atoms with van der Waals surface area (Å²) in [5, 5.41) is 3.27. The third-order valence-electron chi connectivity index (χ3n) is 3.80. The van der Waals surface area contributed by atoms with Gasteiger partial charge in [0, 0.05) is 16.3 Å². The molecule has 1 N–H and O–H groups in total. The van der Waals surface area contributed by atoms with Crippen LogP contribution in [-0.4, -0.2) is 25.1 Å². The highest BCUT2D eigenvalue weighted by molar-refractivity contribution is 6.30. The maximum Gasteiger partial charge on any atom is 0.344 e. The molecule has 0 atom stereocenters. The largest absolute Gasteiger partial charge is 0.482 e. The normalized spacial score (nSPS) is 10.2. The average molecular weight is 396 g/mol. The van der Waals surface area contributed by atoms with Crippen LogP contribution in [0.2, 0.25) is 5.02 Å². The standard InChI is InChI=1S/C22H18ClNO4/c23-17-9-6-10-18(13-17)27-15-22(26)28-14-21(25)24-20-12-5-4-11-19(20)16-7-2-1-3-8-16/h1-13H,14-15H2,(H,24,25). The van der Waals surface area contributed by atoms with Crippen LogP contribution in [-0.2, 0) is 14.3 Å². The lowest BCUT2D eigenvalue weighted by molar-refractivity contribution is -0.149. The predicted octanol–water partition coefficient (Wildman–Crippen LogP) is 4.57. The summed E-state index contributed by atoms with van der Waals surface area (Å²) in [5.41, 5.74) is 2.50. The molecule has 1 amide bonds. The van der Waals surface area contributed by atoms with Gasteiger partial charge in [-0.3, -0.25) is 4.79 Å². The minimum absolute atomic E-state index is 0.311. The van der Waals surface area contributed by atoms with E-state index in [1.165, 1.54) is 0 Å². The molecule has 5 nitrogen and oxygen atoms in total. The van der Waals surface area contributed by atoms with Crippen LogP contribution in [0.3, 0.4) is 0 Å². The molecule has 0 radical (unpaired) electrons. The molecule has 0 heterocycles. The smallest absolute Gasteiger partial charge is 0.344 e. The summed E-state index contributed by atoms with van der Waals surface area (Å²) in [6.45, 7) is -0.713. The fraction of sp³-hybridized carbons (Fsp3) is 0.0909. The molecule has 0 aliphatic rings. The Morgan fingerprint density at radius 1 is 0.857 bits per heavy atom. The van der Waals surface area contributed by atoms with E-state index < -0.39 is 18.5 Å². The van der Waals surface area contributed by atoms with Crippen molar-refractivity contribution in [1.82, 2.24) is 0 Å². The second kappa shape index (κ2) is 9.58. The molecule has 0 aliphatic heterocycles. The first-order chi connectivity index (χ1) is 13.6. The van der Waals surface area contributed by atoms with Crippen LogP contribution in [0.15, 0.2) is 78.9 Å². The molecule has 0 fully saturated rings. The number of halogens is 1. The lowest BCUT2D eigenvalue weighted by Crippen LogP contribution is -2.23. The van der Waals surface area contributed by atoms with Crippen molar-refractivity contribution >= 4 is 29.2 Å². The van der Waals surface area contributed by atoms with E-state index in [0.717, 1.165) is 11.1 Å². The Balaban J connectivity index is 1.52. The Labute approximate surface area is 167 Å². The van der Waals surface area contributed by atoms with Crippen LogP contribution in [0.1, 0.15) is 0 Å². The van der Waals surface area contributed by atoms with Gasteiger partial charge in [-0.25, -0.2) is 4.79 Å². The summed E-state index contributed by atoms with van der Waals surface area (Å²) >= 11 is 5.85. The van der Waals surface area contributed by atoms with E-state index in [9.17, 15) is 9.59 Å². The number of nitrogens with one attached hydrogen (secondary N) is 1. The Kier molecular flexibility index (Phi) is 6.65. The van der Waals surface area contributed by atoms with Gasteiger partial charge in [-0.1, -0.05) is 66.2 Å². The minimum atomic E-state index is -0.647. The molecule has 142 valence electrons. The van der Waals surface area contributed by atoms with E-state index in [1.807, 2.05) is 48.5 Å². The molecule has 28 heavy (non-hydrogen) atoms. The third-order valence-corrected chi connectivity index (χ3v) is 4.04. The van der Waals surface area contributed by atoms with Crippen molar-refractivity contribution in [2.24, 2.45) is 0 Å². The highest BCUT2D eigenvalue weighted by Gasteiger charge is 2.11. The third kappa shape index (κ3) is 5.59. The second-order valence-corrected chi connectivity index (χ2v) is 6.30. The van der Waals surface area contributed by atoms with Crippen LogP contribution < -0.4 is 10.1 Å². The van der Waals surface area contributed by atoms with Gasteiger partial charge in [-0.15, -0.1) is 0 Å². The number of hydrogen-bond donors (Lipinski definition) is 1. The monoisotopic (exact) mass is 395 g/mol. The topological polar surface area (TPSA) is 64.6 Å². The Morgan fingerprint density at radius 3 is 2.39 bits per heavy atom. The summed E-state index contributed by atoms with van der Waals surface area (Å²) in [7, 11) is 0. The summed E-state index contributed by atoms with van der Waals surface area (Å²) < 4.78 is 10.3. The number of carbonyl (C=O) groups excluding carboxylic acids is 2. The van der Waals surface area contributed by atoms with E-state index in [-0.39, 0.29) is 6.61 Å². The van der Waals surface area contributed by atoms with Gasteiger partial charge in [-0.2, -0.15) is 0 Å². The number of esters is 1. The lowest BCUT2D eigenvalue weighted by Gasteiger charge is -2.12. The van der Waals surface area contributed by atoms with Crippen LogP contribution in [0.4, 0.5) is 5.69 Å². The van der Waals surface area contributed by atoms with Crippen LogP contribution in [0, 0.1) is 0 Å². The molecule has 6 heteroatoms. The quantitative estimate of drug-likeness (QED) is 0.595. The molecule has 0 aliphatic carbocycles. The lowest BCUT2D eigenvalue weighted by atomic mass is 10.0. The van der Waals surface area contributed by atoms with Crippen molar-refractivity contribution in [1.29, 1.82) is 0 Å². The van der Waals surface area contributed by atoms with E-state index in [1.54, 1.807) is 30.3 Å². The van der Waals surface area contributed by atoms with Gasteiger partial charge in [0.05, 0.1) is 0 Å². The second-order valence-electron chi connectivity index (χ2n) is 5.87. The van der Waals surface area contributed by atoms with Gasteiger partial charge in [0.2, 0.25) is 0 Å². The van der Waals surface area contributed by atoms with Crippen molar-refractivity contribution in [2.75, 3.05) is 18.5 Å². The van der Waals surface area contributed by atoms with E-state index in [2.05, 4.69) is 5.32 Å². The number of benzene rings is 3. The zero-order valence-electron chi connectivity index (χ0n) is 14.9.